The Bertz CT molecular complexity index is 1550. The van der Waals surface area contributed by atoms with E-state index in [2.05, 4.69) is 15.3 Å². The van der Waals surface area contributed by atoms with Gasteiger partial charge in [-0.25, -0.2) is 28.2 Å². The molecule has 214 valence electrons. The van der Waals surface area contributed by atoms with Crippen LogP contribution in [-0.2, 0) is 24.8 Å². The Morgan fingerprint density at radius 2 is 1.90 bits per heavy atom. The molecule has 4 heterocycles. The highest BCUT2D eigenvalue weighted by atomic mass is 32.2. The van der Waals surface area contributed by atoms with E-state index in [1.807, 2.05) is 26.8 Å². The lowest BCUT2D eigenvalue weighted by Gasteiger charge is -2.35. The number of carbonyl (C=O) groups excluding carboxylic acids is 1. The SMILES string of the molecule is COCC(C)(N)c1cnc(O[C@H]2C[C@H](CS(C)(=O)=O)C2)c2cnc(Nc3ccc4c(n3)[C@@H](C)[C@H](C)OC4=O)cc12. The van der Waals surface area contributed by atoms with E-state index in [0.717, 1.165) is 10.9 Å². The number of carbonyl (C=O) groups is 1. The second-order valence-electron chi connectivity index (χ2n) is 11.3. The maximum absolute atomic E-state index is 12.3. The van der Waals surface area contributed by atoms with Crippen LogP contribution in [0.4, 0.5) is 11.6 Å². The van der Waals surface area contributed by atoms with Crippen molar-refractivity contribution in [3.8, 4) is 5.88 Å². The number of hydrogen-bond donors (Lipinski definition) is 2. The zero-order chi connectivity index (χ0) is 28.8. The number of rotatable bonds is 9. The molecule has 12 heteroatoms. The van der Waals surface area contributed by atoms with E-state index in [9.17, 15) is 13.2 Å². The highest BCUT2D eigenvalue weighted by molar-refractivity contribution is 7.90. The Morgan fingerprint density at radius 3 is 2.60 bits per heavy atom. The number of nitrogens with zero attached hydrogens (tertiary/aromatic N) is 3. The molecule has 5 rings (SSSR count). The predicted octanol–water partition coefficient (Wildman–Crippen LogP) is 3.45. The molecule has 11 nitrogen and oxygen atoms in total. The summed E-state index contributed by atoms with van der Waals surface area (Å²) in [6.07, 6.45) is 5.54. The van der Waals surface area contributed by atoms with E-state index >= 15 is 0 Å². The number of esters is 1. The van der Waals surface area contributed by atoms with Crippen LogP contribution < -0.4 is 15.8 Å². The average molecular weight is 570 g/mol. The summed E-state index contributed by atoms with van der Waals surface area (Å²) < 4.78 is 40.2. The van der Waals surface area contributed by atoms with Crippen molar-refractivity contribution in [3.63, 3.8) is 0 Å². The predicted molar refractivity (Wildman–Crippen MR) is 151 cm³/mol. The van der Waals surface area contributed by atoms with E-state index in [0.29, 0.717) is 47.0 Å². The molecule has 0 amide bonds. The van der Waals surface area contributed by atoms with Gasteiger partial charge in [0.25, 0.3) is 0 Å². The lowest BCUT2D eigenvalue weighted by atomic mass is 9.84. The molecule has 0 spiro atoms. The summed E-state index contributed by atoms with van der Waals surface area (Å²) in [5, 5.41) is 4.73. The van der Waals surface area contributed by atoms with Crippen molar-refractivity contribution in [3.05, 3.63) is 47.4 Å². The fraction of sp³-hybridized carbons (Fsp3) is 0.500. The molecule has 0 saturated heterocycles. The monoisotopic (exact) mass is 569 g/mol. The van der Waals surface area contributed by atoms with E-state index in [4.69, 9.17) is 24.9 Å². The van der Waals surface area contributed by atoms with Crippen LogP contribution >= 0.6 is 0 Å². The molecule has 3 aromatic heterocycles. The van der Waals surface area contributed by atoms with Crippen molar-refractivity contribution < 1.29 is 27.4 Å². The first-order valence-corrected chi connectivity index (χ1v) is 15.3. The Kier molecular flexibility index (Phi) is 7.45. The van der Waals surface area contributed by atoms with Crippen molar-refractivity contribution in [2.45, 2.75) is 57.3 Å². The summed E-state index contributed by atoms with van der Waals surface area (Å²) in [5.74, 6) is 1.32. The summed E-state index contributed by atoms with van der Waals surface area (Å²) in [5.41, 5.74) is 7.70. The Balaban J connectivity index is 1.46. The van der Waals surface area contributed by atoms with E-state index in [1.165, 1.54) is 6.26 Å². The smallest absolute Gasteiger partial charge is 0.340 e. The quantitative estimate of drug-likeness (QED) is 0.364. The van der Waals surface area contributed by atoms with E-state index in [1.54, 1.807) is 31.6 Å². The number of cyclic esters (lactones) is 1. The van der Waals surface area contributed by atoms with E-state index < -0.39 is 15.4 Å². The lowest BCUT2D eigenvalue weighted by molar-refractivity contribution is 0.0235. The molecule has 1 aliphatic carbocycles. The Hall–Kier alpha value is -3.35. The number of nitrogens with two attached hydrogens (primary N) is 1. The first-order chi connectivity index (χ1) is 18.8. The summed E-state index contributed by atoms with van der Waals surface area (Å²) >= 11 is 0. The molecule has 1 aliphatic heterocycles. The lowest BCUT2D eigenvalue weighted by Crippen LogP contribution is -2.39. The van der Waals surface area contributed by atoms with Gasteiger partial charge in [-0.15, -0.1) is 0 Å². The van der Waals surface area contributed by atoms with E-state index in [-0.39, 0.29) is 42.4 Å². The first-order valence-electron chi connectivity index (χ1n) is 13.2. The number of ether oxygens (including phenoxy) is 3. The van der Waals surface area contributed by atoms with Crippen LogP contribution in [0.3, 0.4) is 0 Å². The fourth-order valence-corrected chi connectivity index (χ4v) is 6.48. The standard InChI is InChI=1S/C28H35N5O6S/c1-15-16(2)38-27(34)19-6-7-23(33-25(15)19)32-24-10-20-21(11-30-24)26(31-12-22(20)28(3,29)14-37-4)39-18-8-17(9-18)13-40(5,35)36/h6-7,10-12,15-18H,8-9,13-14,29H2,1-5H3,(H,30,32,33)/t15-,16-,17-,18-,28?/m0/s1. The van der Waals surface area contributed by atoms with Gasteiger partial charge in [-0.1, -0.05) is 6.92 Å². The van der Waals surface area contributed by atoms with Crippen molar-refractivity contribution in [1.82, 2.24) is 15.0 Å². The van der Waals surface area contributed by atoms with Gasteiger partial charge >= 0.3 is 5.97 Å². The third kappa shape index (κ3) is 5.74. The van der Waals surface area contributed by atoms with Gasteiger partial charge in [0.05, 0.1) is 34.5 Å². The number of methoxy groups -OCH3 is 1. The molecule has 40 heavy (non-hydrogen) atoms. The summed E-state index contributed by atoms with van der Waals surface area (Å²) in [7, 11) is -1.44. The number of sulfone groups is 1. The van der Waals surface area contributed by atoms with Crippen molar-refractivity contribution in [1.29, 1.82) is 0 Å². The van der Waals surface area contributed by atoms with Crippen LogP contribution in [0.1, 0.15) is 61.1 Å². The summed E-state index contributed by atoms with van der Waals surface area (Å²) in [6.45, 7) is 5.97. The summed E-state index contributed by atoms with van der Waals surface area (Å²) in [6, 6.07) is 5.30. The normalized spacial score (nSPS) is 24.0. The van der Waals surface area contributed by atoms with Gasteiger partial charge in [0, 0.05) is 37.2 Å². The largest absolute Gasteiger partial charge is 0.474 e. The number of anilines is 2. The molecule has 3 atom stereocenters. The molecule has 0 radical (unpaired) electrons. The molecule has 0 bridgehead atoms. The van der Waals surface area contributed by atoms with Crippen LogP contribution in [0.5, 0.6) is 5.88 Å². The fourth-order valence-electron chi connectivity index (χ4n) is 5.35. The summed E-state index contributed by atoms with van der Waals surface area (Å²) in [4.78, 5) is 26.2. The van der Waals surface area contributed by atoms with Crippen LogP contribution in [0.25, 0.3) is 10.8 Å². The minimum atomic E-state index is -3.03. The van der Waals surface area contributed by atoms with Gasteiger partial charge in [-0.3, -0.25) is 0 Å². The molecule has 3 N–H and O–H groups in total. The molecular formula is C28H35N5O6S. The van der Waals surface area contributed by atoms with Crippen LogP contribution in [0.15, 0.2) is 30.6 Å². The molecule has 3 aromatic rings. The number of nitrogens with one attached hydrogen (secondary N) is 1. The zero-order valence-corrected chi connectivity index (χ0v) is 24.1. The van der Waals surface area contributed by atoms with Crippen LogP contribution in [0, 0.1) is 5.92 Å². The number of fused-ring (bicyclic) bond motifs is 2. The maximum Gasteiger partial charge on any atom is 0.340 e. The second-order valence-corrected chi connectivity index (χ2v) is 13.5. The van der Waals surface area contributed by atoms with Crippen LogP contribution in [-0.4, -0.2) is 67.3 Å². The molecule has 2 aliphatic rings. The van der Waals surface area contributed by atoms with Gasteiger partial charge < -0.3 is 25.3 Å². The molecule has 1 fully saturated rings. The zero-order valence-electron chi connectivity index (χ0n) is 23.3. The van der Waals surface area contributed by atoms with Gasteiger partial charge in [-0.2, -0.15) is 0 Å². The molecule has 1 saturated carbocycles. The third-order valence-electron chi connectivity index (χ3n) is 7.63. The number of aromatic nitrogens is 3. The average Bonchev–Trinajstić information content (AvgIpc) is 2.85. The highest BCUT2D eigenvalue weighted by Gasteiger charge is 2.35. The third-order valence-corrected chi connectivity index (χ3v) is 8.71. The topological polar surface area (TPSA) is 156 Å². The Labute approximate surface area is 233 Å². The molecule has 0 aromatic carbocycles. The van der Waals surface area contributed by atoms with Crippen molar-refractivity contribution in [2.75, 3.05) is 31.0 Å². The number of hydrogen-bond acceptors (Lipinski definition) is 11. The molecule has 1 unspecified atom stereocenters. The highest BCUT2D eigenvalue weighted by Crippen LogP contribution is 2.37. The van der Waals surface area contributed by atoms with Crippen molar-refractivity contribution in [2.24, 2.45) is 11.7 Å². The minimum Gasteiger partial charge on any atom is -0.474 e. The van der Waals surface area contributed by atoms with Crippen LogP contribution in [0.2, 0.25) is 0 Å². The molecular weight excluding hydrogens is 534 g/mol. The minimum absolute atomic E-state index is 0.0491. The van der Waals surface area contributed by atoms with Gasteiger partial charge in [0.15, 0.2) is 0 Å². The van der Waals surface area contributed by atoms with Gasteiger partial charge in [0.2, 0.25) is 5.88 Å². The van der Waals surface area contributed by atoms with Crippen molar-refractivity contribution >= 4 is 38.2 Å². The second kappa shape index (κ2) is 10.6. The van der Waals surface area contributed by atoms with Gasteiger partial charge in [-0.05, 0) is 56.2 Å². The maximum atomic E-state index is 12.3. The van der Waals surface area contributed by atoms with Gasteiger partial charge in [0.1, 0.15) is 33.7 Å². The Morgan fingerprint density at radius 1 is 1.15 bits per heavy atom. The number of pyridine rings is 3. The first kappa shape index (κ1) is 28.2.